The summed E-state index contributed by atoms with van der Waals surface area (Å²) >= 11 is 1.69. The highest BCUT2D eigenvalue weighted by atomic mass is 32.2. The molecule has 1 aromatic rings. The Bertz CT molecular complexity index is 517. The Kier molecular flexibility index (Phi) is 7.39. The van der Waals surface area contributed by atoms with Crippen LogP contribution in [0.1, 0.15) is 18.9 Å². The van der Waals surface area contributed by atoms with Crippen LogP contribution in [0.5, 0.6) is 0 Å². The third-order valence-corrected chi connectivity index (χ3v) is 3.49. The topological polar surface area (TPSA) is 78.4 Å². The number of benzene rings is 1. The first kappa shape index (κ1) is 17.1. The Labute approximate surface area is 128 Å². The van der Waals surface area contributed by atoms with E-state index in [1.807, 2.05) is 13.2 Å². The van der Waals surface area contributed by atoms with Gasteiger partial charge in [-0.2, -0.15) is 11.8 Å². The van der Waals surface area contributed by atoms with Crippen LogP contribution in [0.3, 0.4) is 0 Å². The van der Waals surface area contributed by atoms with Crippen LogP contribution in [0.4, 0.5) is 10.5 Å². The molecule has 0 radical (unpaired) electrons. The molecule has 0 saturated carbocycles. The fourth-order valence-electron chi connectivity index (χ4n) is 1.70. The summed E-state index contributed by atoms with van der Waals surface area (Å²) in [5.41, 5.74) is 1.34. The van der Waals surface area contributed by atoms with Crippen LogP contribution in [0.25, 0.3) is 6.08 Å². The Morgan fingerprint density at radius 1 is 1.43 bits per heavy atom. The number of carbonyl (C=O) groups is 2. The lowest BCUT2D eigenvalue weighted by molar-refractivity contribution is -0.131. The molecule has 0 aliphatic heterocycles. The van der Waals surface area contributed by atoms with Gasteiger partial charge in [0, 0.05) is 23.6 Å². The lowest BCUT2D eigenvalue weighted by Crippen LogP contribution is -2.39. The maximum absolute atomic E-state index is 11.9. The van der Waals surface area contributed by atoms with Gasteiger partial charge in [-0.3, -0.25) is 0 Å². The number of carboxylic acids is 1. The van der Waals surface area contributed by atoms with E-state index in [0.717, 1.165) is 18.2 Å². The number of amides is 2. The molecule has 1 atom stereocenters. The van der Waals surface area contributed by atoms with Gasteiger partial charge in [0.25, 0.3) is 0 Å². The quantitative estimate of drug-likeness (QED) is 0.677. The van der Waals surface area contributed by atoms with Crippen LogP contribution in [0, 0.1) is 0 Å². The van der Waals surface area contributed by atoms with Crippen molar-refractivity contribution in [3.63, 3.8) is 0 Å². The van der Waals surface area contributed by atoms with Crippen molar-refractivity contribution in [2.75, 3.05) is 17.3 Å². The number of thioether (sulfide) groups is 1. The number of carboxylic acid groups (broad SMARTS) is 1. The predicted octanol–water partition coefficient (Wildman–Crippen LogP) is 3.05. The third-order valence-electron chi connectivity index (χ3n) is 2.76. The smallest absolute Gasteiger partial charge is 0.328 e. The molecule has 21 heavy (non-hydrogen) atoms. The van der Waals surface area contributed by atoms with Gasteiger partial charge >= 0.3 is 12.0 Å². The number of aliphatic carboxylic acids is 1. The molecule has 0 aliphatic carbocycles. The minimum Gasteiger partial charge on any atom is -0.478 e. The lowest BCUT2D eigenvalue weighted by Gasteiger charge is -2.16. The molecule has 5 nitrogen and oxygen atoms in total. The van der Waals surface area contributed by atoms with E-state index in [4.69, 9.17) is 5.11 Å². The fraction of sp³-hybridized carbons (Fsp3) is 0.333. The summed E-state index contributed by atoms with van der Waals surface area (Å²) in [6.07, 6.45) is 5.41. The Morgan fingerprint density at radius 3 is 2.81 bits per heavy atom. The highest BCUT2D eigenvalue weighted by molar-refractivity contribution is 7.98. The summed E-state index contributed by atoms with van der Waals surface area (Å²) in [6.45, 7) is 2.03. The molecule has 0 heterocycles. The van der Waals surface area contributed by atoms with Gasteiger partial charge in [-0.25, -0.2) is 9.59 Å². The third kappa shape index (κ3) is 6.85. The summed E-state index contributed by atoms with van der Waals surface area (Å²) in [5, 5.41) is 14.3. The largest absolute Gasteiger partial charge is 0.478 e. The van der Waals surface area contributed by atoms with Crippen molar-refractivity contribution in [2.24, 2.45) is 0 Å². The normalized spacial score (nSPS) is 12.1. The van der Waals surface area contributed by atoms with Gasteiger partial charge in [0.1, 0.15) is 0 Å². The first-order valence-electron chi connectivity index (χ1n) is 6.62. The van der Waals surface area contributed by atoms with E-state index in [9.17, 15) is 9.59 Å². The Morgan fingerprint density at radius 2 is 2.19 bits per heavy atom. The molecule has 114 valence electrons. The maximum Gasteiger partial charge on any atom is 0.328 e. The molecule has 0 aromatic heterocycles. The summed E-state index contributed by atoms with van der Waals surface area (Å²) in [6, 6.07) is 6.88. The lowest BCUT2D eigenvalue weighted by atomic mass is 10.2. The first-order valence-corrected chi connectivity index (χ1v) is 8.02. The number of urea groups is 1. The van der Waals surface area contributed by atoms with Gasteiger partial charge in [0.05, 0.1) is 0 Å². The molecular formula is C15H20N2O3S. The molecule has 1 unspecified atom stereocenters. The second-order valence-electron chi connectivity index (χ2n) is 4.46. The predicted molar refractivity (Wildman–Crippen MR) is 87.7 cm³/mol. The number of anilines is 1. The van der Waals surface area contributed by atoms with Crippen LogP contribution < -0.4 is 10.6 Å². The maximum atomic E-state index is 11.9. The molecule has 3 N–H and O–H groups in total. The SMILES string of the molecule is CCC(CSC)NC(=O)Nc1cccc(/C=C/C(=O)O)c1. The number of nitrogens with one attached hydrogen (secondary N) is 2. The number of hydrogen-bond donors (Lipinski definition) is 3. The van der Waals surface area contributed by atoms with Crippen molar-refractivity contribution in [1.29, 1.82) is 0 Å². The molecule has 1 rings (SSSR count). The van der Waals surface area contributed by atoms with Crippen molar-refractivity contribution in [1.82, 2.24) is 5.32 Å². The van der Waals surface area contributed by atoms with Crippen LogP contribution >= 0.6 is 11.8 Å². The van der Waals surface area contributed by atoms with E-state index < -0.39 is 5.97 Å². The minimum absolute atomic E-state index is 0.134. The highest BCUT2D eigenvalue weighted by Crippen LogP contribution is 2.12. The van der Waals surface area contributed by atoms with Crippen molar-refractivity contribution in [3.05, 3.63) is 35.9 Å². The molecule has 2 amide bonds. The van der Waals surface area contributed by atoms with Crippen molar-refractivity contribution < 1.29 is 14.7 Å². The van der Waals surface area contributed by atoms with E-state index in [1.165, 1.54) is 6.08 Å². The summed E-state index contributed by atoms with van der Waals surface area (Å²) in [4.78, 5) is 22.4. The number of carbonyl (C=O) groups excluding carboxylic acids is 1. The van der Waals surface area contributed by atoms with Gasteiger partial charge in [-0.05, 0) is 36.4 Å². The number of hydrogen-bond acceptors (Lipinski definition) is 3. The zero-order valence-corrected chi connectivity index (χ0v) is 12.9. The summed E-state index contributed by atoms with van der Waals surface area (Å²) in [5.74, 6) is -0.139. The highest BCUT2D eigenvalue weighted by Gasteiger charge is 2.09. The summed E-state index contributed by atoms with van der Waals surface area (Å²) in [7, 11) is 0. The molecule has 0 fully saturated rings. The molecule has 0 saturated heterocycles. The average Bonchev–Trinajstić information content (AvgIpc) is 2.45. The van der Waals surface area contributed by atoms with E-state index in [0.29, 0.717) is 11.3 Å². The molecular weight excluding hydrogens is 288 g/mol. The van der Waals surface area contributed by atoms with Gasteiger partial charge in [-0.15, -0.1) is 0 Å². The Hall–Kier alpha value is -1.95. The second-order valence-corrected chi connectivity index (χ2v) is 5.37. The zero-order valence-electron chi connectivity index (χ0n) is 12.1. The minimum atomic E-state index is -1.01. The number of rotatable bonds is 7. The van der Waals surface area contributed by atoms with Gasteiger partial charge in [-0.1, -0.05) is 19.1 Å². The van der Waals surface area contributed by atoms with E-state index in [2.05, 4.69) is 10.6 Å². The van der Waals surface area contributed by atoms with E-state index in [1.54, 1.807) is 36.0 Å². The van der Waals surface area contributed by atoms with E-state index in [-0.39, 0.29) is 12.1 Å². The van der Waals surface area contributed by atoms with E-state index >= 15 is 0 Å². The molecule has 0 spiro atoms. The fourth-order valence-corrected chi connectivity index (χ4v) is 2.42. The van der Waals surface area contributed by atoms with Crippen molar-refractivity contribution in [3.8, 4) is 0 Å². The van der Waals surface area contributed by atoms with Crippen molar-refractivity contribution in [2.45, 2.75) is 19.4 Å². The van der Waals surface area contributed by atoms with Crippen molar-refractivity contribution >= 4 is 35.5 Å². The van der Waals surface area contributed by atoms with Crippen LogP contribution in [0.15, 0.2) is 30.3 Å². The standard InChI is InChI=1S/C15H20N2O3S/c1-3-12(10-21-2)16-15(20)17-13-6-4-5-11(9-13)7-8-14(18)19/h4-9,12H,3,10H2,1-2H3,(H,18,19)(H2,16,17,20)/b8-7+. The summed E-state index contributed by atoms with van der Waals surface area (Å²) < 4.78 is 0. The van der Waals surface area contributed by atoms with Crippen LogP contribution in [0.2, 0.25) is 0 Å². The first-order chi connectivity index (χ1) is 10.0. The van der Waals surface area contributed by atoms with Gasteiger partial charge in [0.2, 0.25) is 0 Å². The monoisotopic (exact) mass is 308 g/mol. The van der Waals surface area contributed by atoms with Gasteiger partial charge < -0.3 is 15.7 Å². The molecule has 6 heteroatoms. The van der Waals surface area contributed by atoms with Gasteiger partial charge in [0.15, 0.2) is 0 Å². The van der Waals surface area contributed by atoms with Crippen LogP contribution in [-0.2, 0) is 4.79 Å². The second kappa shape index (κ2) is 9.07. The molecule has 0 bridgehead atoms. The van der Waals surface area contributed by atoms with Crippen LogP contribution in [-0.4, -0.2) is 35.2 Å². The Balaban J connectivity index is 2.63. The molecule has 0 aliphatic rings. The zero-order chi connectivity index (χ0) is 15.7. The average molecular weight is 308 g/mol. The molecule has 1 aromatic carbocycles.